The molecule has 0 fully saturated rings. The smallest absolute Gasteiger partial charge is 0.199 e. The molecule has 26 heavy (non-hydrogen) atoms. The minimum atomic E-state index is -2.01. The van der Waals surface area contributed by atoms with Gasteiger partial charge in [-0.2, -0.15) is 0 Å². The molecule has 0 unspecified atom stereocenters. The highest BCUT2D eigenvalue weighted by atomic mass is 35.5. The van der Waals surface area contributed by atoms with Crippen LogP contribution in [0.3, 0.4) is 0 Å². The Morgan fingerprint density at radius 2 is 1.73 bits per heavy atom. The van der Waals surface area contributed by atoms with Crippen molar-refractivity contribution in [3.63, 3.8) is 0 Å². The number of hydrogen-bond acceptors (Lipinski definition) is 3. The summed E-state index contributed by atoms with van der Waals surface area (Å²) in [5.41, 5.74) is 0.740. The molecule has 0 spiro atoms. The highest BCUT2D eigenvalue weighted by Gasteiger charge is 2.68. The maximum atomic E-state index is 13.1. The number of Topliss-reactive ketones (excluding diaryl/α,β-unsaturated/α-hetero) is 2. The molecule has 0 heterocycles. The Balaban J connectivity index is 2.38. The second-order valence-corrected chi connectivity index (χ2v) is 8.48. The van der Waals surface area contributed by atoms with Gasteiger partial charge in [0.05, 0.1) is 0 Å². The molecule has 2 aliphatic carbocycles. The molecule has 0 saturated heterocycles. The van der Waals surface area contributed by atoms with Gasteiger partial charge in [-0.05, 0) is 30.2 Å². The molecular formula is C18H11Cl5O3. The van der Waals surface area contributed by atoms with Crippen molar-refractivity contribution >= 4 is 69.6 Å². The molecule has 3 atom stereocenters. The molecule has 0 radical (unpaired) electrons. The van der Waals surface area contributed by atoms with Crippen LogP contribution in [-0.4, -0.2) is 26.4 Å². The molecule has 0 aliphatic heterocycles. The van der Waals surface area contributed by atoms with Gasteiger partial charge in [-0.1, -0.05) is 53.5 Å². The van der Waals surface area contributed by atoms with Crippen LogP contribution in [0.5, 0.6) is 5.75 Å². The van der Waals surface area contributed by atoms with Gasteiger partial charge in [0.2, 0.25) is 0 Å². The van der Waals surface area contributed by atoms with Crippen molar-refractivity contribution in [2.24, 2.45) is 0 Å². The summed E-state index contributed by atoms with van der Waals surface area (Å²) in [4.78, 5) is 22.0. The fourth-order valence-corrected chi connectivity index (χ4v) is 5.06. The first-order chi connectivity index (χ1) is 12.1. The van der Waals surface area contributed by atoms with E-state index in [0.717, 1.165) is 0 Å². The first-order valence-electron chi connectivity index (χ1n) is 7.43. The zero-order valence-corrected chi connectivity index (χ0v) is 16.8. The maximum absolute atomic E-state index is 13.1. The van der Waals surface area contributed by atoms with E-state index in [2.05, 4.69) is 6.58 Å². The zero-order valence-electron chi connectivity index (χ0n) is 13.0. The average molecular weight is 453 g/mol. The topological polar surface area (TPSA) is 54.4 Å². The zero-order chi connectivity index (χ0) is 19.4. The lowest BCUT2D eigenvalue weighted by Gasteiger charge is -2.50. The third kappa shape index (κ3) is 2.49. The van der Waals surface area contributed by atoms with Crippen LogP contribution in [-0.2, 0) is 9.59 Å². The number of benzene rings is 1. The standard InChI is InChI=1S/C18H11Cl5O3/c1-2-8-5-6-17(22)15(25)13(20)14(21)16(26)18(17,23)12(8)10-7-9(19)3-4-11(10)24/h2-5,7,12,24H,1,6H2/t12-,17-,18+/m1/s1. The van der Waals surface area contributed by atoms with E-state index < -0.39 is 37.3 Å². The van der Waals surface area contributed by atoms with Gasteiger partial charge in [0.15, 0.2) is 11.6 Å². The monoisotopic (exact) mass is 450 g/mol. The summed E-state index contributed by atoms with van der Waals surface area (Å²) in [6, 6.07) is 4.30. The molecule has 8 heteroatoms. The third-order valence-electron chi connectivity index (χ3n) is 4.74. The average Bonchev–Trinajstić information content (AvgIpc) is 2.62. The molecule has 2 aliphatic rings. The van der Waals surface area contributed by atoms with Crippen LogP contribution in [0.25, 0.3) is 0 Å². The second kappa shape index (κ2) is 6.57. The van der Waals surface area contributed by atoms with Crippen molar-refractivity contribution in [1.82, 2.24) is 0 Å². The summed E-state index contributed by atoms with van der Waals surface area (Å²) in [5, 5.41) is 9.74. The van der Waals surface area contributed by atoms with Crippen LogP contribution in [0.15, 0.2) is 52.6 Å². The van der Waals surface area contributed by atoms with Crippen LogP contribution in [0.1, 0.15) is 17.9 Å². The van der Waals surface area contributed by atoms with Crippen molar-refractivity contribution in [3.05, 3.63) is 63.2 Å². The van der Waals surface area contributed by atoms with E-state index in [1.807, 2.05) is 0 Å². The molecule has 136 valence electrons. The highest BCUT2D eigenvalue weighted by molar-refractivity contribution is 6.66. The predicted octanol–water partition coefficient (Wildman–Crippen LogP) is 5.44. The van der Waals surface area contributed by atoms with Gasteiger partial charge in [-0.25, -0.2) is 0 Å². The first-order valence-corrected chi connectivity index (χ1v) is 9.32. The number of hydrogen-bond donors (Lipinski definition) is 1. The number of phenols is 1. The van der Waals surface area contributed by atoms with E-state index in [4.69, 9.17) is 58.0 Å². The molecule has 1 aromatic carbocycles. The first kappa shape index (κ1) is 19.8. The molecule has 3 nitrogen and oxygen atoms in total. The van der Waals surface area contributed by atoms with Crippen LogP contribution < -0.4 is 0 Å². The van der Waals surface area contributed by atoms with Gasteiger partial charge >= 0.3 is 0 Å². The minimum absolute atomic E-state index is 0.0534. The van der Waals surface area contributed by atoms with E-state index in [9.17, 15) is 14.7 Å². The number of ketones is 2. The number of rotatable bonds is 2. The second-order valence-electron chi connectivity index (χ2n) is 6.05. The van der Waals surface area contributed by atoms with Crippen molar-refractivity contribution in [1.29, 1.82) is 0 Å². The Morgan fingerprint density at radius 3 is 2.35 bits per heavy atom. The highest BCUT2D eigenvalue weighted by Crippen LogP contribution is 2.60. The van der Waals surface area contributed by atoms with Gasteiger partial charge < -0.3 is 5.11 Å². The van der Waals surface area contributed by atoms with Crippen LogP contribution >= 0.6 is 58.0 Å². The largest absolute Gasteiger partial charge is 0.508 e. The van der Waals surface area contributed by atoms with Crippen LogP contribution in [0, 0.1) is 0 Å². The summed E-state index contributed by atoms with van der Waals surface area (Å²) >= 11 is 31.4. The Kier molecular flexibility index (Phi) is 5.00. The van der Waals surface area contributed by atoms with Crippen molar-refractivity contribution in [3.8, 4) is 5.75 Å². The van der Waals surface area contributed by atoms with Gasteiger partial charge in [0.25, 0.3) is 0 Å². The Morgan fingerprint density at radius 1 is 1.12 bits per heavy atom. The van der Waals surface area contributed by atoms with Gasteiger partial charge in [-0.3, -0.25) is 9.59 Å². The van der Waals surface area contributed by atoms with Gasteiger partial charge in [-0.15, -0.1) is 23.2 Å². The summed E-state index contributed by atoms with van der Waals surface area (Å²) in [6.45, 7) is 3.73. The third-order valence-corrected chi connectivity index (χ3v) is 7.23. The summed E-state index contributed by atoms with van der Waals surface area (Å²) in [7, 11) is 0. The number of phenolic OH excluding ortho intramolecular Hbond substituents is 1. The van der Waals surface area contributed by atoms with Crippen molar-refractivity contribution < 1.29 is 14.7 Å². The lowest BCUT2D eigenvalue weighted by Crippen LogP contribution is -2.64. The molecule has 0 bridgehead atoms. The number of carbonyl (C=O) groups is 2. The molecule has 0 amide bonds. The number of halogens is 5. The minimum Gasteiger partial charge on any atom is -0.508 e. The number of allylic oxidation sites excluding steroid dienone is 5. The predicted molar refractivity (Wildman–Crippen MR) is 105 cm³/mol. The number of carbonyl (C=O) groups excluding carboxylic acids is 2. The fourth-order valence-electron chi connectivity index (χ4n) is 3.44. The lowest BCUT2D eigenvalue weighted by atomic mass is 9.62. The van der Waals surface area contributed by atoms with Crippen molar-refractivity contribution in [2.45, 2.75) is 22.1 Å². The quantitative estimate of drug-likeness (QED) is 0.608. The molecule has 3 rings (SSSR count). The Labute approximate surface area is 174 Å². The van der Waals surface area contributed by atoms with Gasteiger partial charge in [0, 0.05) is 16.5 Å². The molecule has 1 N–H and O–H groups in total. The van der Waals surface area contributed by atoms with E-state index in [-0.39, 0.29) is 17.7 Å². The van der Waals surface area contributed by atoms with E-state index in [1.165, 1.54) is 24.3 Å². The lowest BCUT2D eigenvalue weighted by molar-refractivity contribution is -0.127. The van der Waals surface area contributed by atoms with E-state index in [0.29, 0.717) is 10.6 Å². The number of fused-ring (bicyclic) bond motifs is 1. The summed E-state index contributed by atoms with van der Waals surface area (Å²) in [5.74, 6) is -2.71. The SMILES string of the molecule is C=CC1=CC[C@@]2(Cl)C(=O)C(Cl)=C(Cl)C(=O)[C@@]2(Cl)[C@H]1c1cc(Cl)ccc1O. The van der Waals surface area contributed by atoms with Crippen LogP contribution in [0.4, 0.5) is 0 Å². The Bertz CT molecular complexity index is 919. The molecule has 1 aromatic rings. The summed E-state index contributed by atoms with van der Waals surface area (Å²) < 4.78 is 0. The normalized spacial score (nSPS) is 31.6. The molecule has 0 aromatic heterocycles. The summed E-state index contributed by atoms with van der Waals surface area (Å²) in [6.07, 6.45) is 3.07. The van der Waals surface area contributed by atoms with E-state index in [1.54, 1.807) is 6.08 Å². The number of aromatic hydroxyl groups is 1. The molecule has 0 saturated carbocycles. The van der Waals surface area contributed by atoms with Gasteiger partial charge in [0.1, 0.15) is 25.6 Å². The van der Waals surface area contributed by atoms with Crippen LogP contribution in [0.2, 0.25) is 5.02 Å². The van der Waals surface area contributed by atoms with E-state index >= 15 is 0 Å². The van der Waals surface area contributed by atoms with Crippen molar-refractivity contribution in [2.75, 3.05) is 0 Å². The number of alkyl halides is 2. The molecular weight excluding hydrogens is 441 g/mol. The maximum Gasteiger partial charge on any atom is 0.199 e. The Hall–Kier alpha value is -0.970. The fraction of sp³-hybridized carbons (Fsp3) is 0.222.